The number of hydrogen-bond acceptors (Lipinski definition) is 4. The van der Waals surface area contributed by atoms with Crippen LogP contribution in [0.4, 0.5) is 0 Å². The second-order valence-electron chi connectivity index (χ2n) is 4.95. The molecule has 110 valence electrons. The van der Waals surface area contributed by atoms with E-state index in [0.717, 1.165) is 24.1 Å². The zero-order valence-electron chi connectivity index (χ0n) is 11.8. The van der Waals surface area contributed by atoms with Gasteiger partial charge in [0, 0.05) is 12.0 Å². The van der Waals surface area contributed by atoms with Gasteiger partial charge in [0.25, 0.3) is 5.56 Å². The molecule has 0 spiro atoms. The molecule has 0 radical (unpaired) electrons. The Balaban J connectivity index is 2.14. The molecule has 3 rings (SSSR count). The molecule has 1 aliphatic carbocycles. The molecule has 1 aromatic carbocycles. The molecule has 0 bridgehead atoms. The number of ether oxygens (including phenoxy) is 2. The number of nitrogens with one attached hydrogen (secondary N) is 1. The summed E-state index contributed by atoms with van der Waals surface area (Å²) in [6, 6.07) is 5.45. The van der Waals surface area contributed by atoms with E-state index in [1.54, 1.807) is 20.3 Å². The predicted molar refractivity (Wildman–Crippen MR) is 88.1 cm³/mol. The highest BCUT2D eigenvalue weighted by molar-refractivity contribution is 14.1. The highest BCUT2D eigenvalue weighted by atomic mass is 127. The van der Waals surface area contributed by atoms with Crippen LogP contribution in [0.3, 0.4) is 0 Å². The van der Waals surface area contributed by atoms with Gasteiger partial charge >= 0.3 is 0 Å². The van der Waals surface area contributed by atoms with Gasteiger partial charge in [-0.05, 0) is 47.6 Å². The van der Waals surface area contributed by atoms with Crippen LogP contribution in [-0.4, -0.2) is 24.2 Å². The first-order chi connectivity index (χ1) is 10.1. The van der Waals surface area contributed by atoms with Crippen molar-refractivity contribution in [3.8, 4) is 22.9 Å². The third kappa shape index (κ3) is 2.76. The summed E-state index contributed by atoms with van der Waals surface area (Å²) in [5.74, 6) is 2.29. The second-order valence-corrected chi connectivity index (χ2v) is 6.03. The van der Waals surface area contributed by atoms with E-state index in [1.807, 2.05) is 12.1 Å². The molecule has 21 heavy (non-hydrogen) atoms. The number of H-pyrrole nitrogens is 1. The number of halogens is 1. The van der Waals surface area contributed by atoms with Crippen LogP contribution in [0.5, 0.6) is 11.5 Å². The third-order valence-electron chi connectivity index (χ3n) is 3.52. The molecular weight excluding hydrogens is 383 g/mol. The molecule has 0 unspecified atom stereocenters. The maximum absolute atomic E-state index is 12.1. The predicted octanol–water partition coefficient (Wildman–Crippen LogP) is 2.94. The Hall–Kier alpha value is -1.57. The summed E-state index contributed by atoms with van der Waals surface area (Å²) in [7, 11) is 3.19. The van der Waals surface area contributed by atoms with Crippen molar-refractivity contribution in [3.05, 3.63) is 37.8 Å². The molecule has 1 saturated carbocycles. The number of nitrogens with zero attached hydrogens (tertiary/aromatic N) is 1. The van der Waals surface area contributed by atoms with Crippen LogP contribution in [0, 0.1) is 3.57 Å². The zero-order chi connectivity index (χ0) is 15.0. The van der Waals surface area contributed by atoms with Gasteiger partial charge in [-0.1, -0.05) is 0 Å². The summed E-state index contributed by atoms with van der Waals surface area (Å²) in [6.45, 7) is 0. The monoisotopic (exact) mass is 398 g/mol. The standard InChI is InChI=1S/C15H15IN2O3/c1-20-9-5-6-10(11(7-9)21-2)14-17-13(8-3-4-8)12(16)15(19)18-14/h5-8H,3-4H2,1-2H3,(H,17,18,19). The summed E-state index contributed by atoms with van der Waals surface area (Å²) in [5.41, 5.74) is 1.56. The lowest BCUT2D eigenvalue weighted by atomic mass is 10.1. The van der Waals surface area contributed by atoms with Crippen molar-refractivity contribution in [1.82, 2.24) is 9.97 Å². The zero-order valence-corrected chi connectivity index (χ0v) is 13.9. The normalized spacial score (nSPS) is 14.0. The molecule has 0 atom stereocenters. The lowest BCUT2D eigenvalue weighted by Crippen LogP contribution is -2.16. The van der Waals surface area contributed by atoms with Crippen molar-refractivity contribution in [2.75, 3.05) is 14.2 Å². The average molecular weight is 398 g/mol. The van der Waals surface area contributed by atoms with E-state index in [0.29, 0.717) is 26.8 Å². The van der Waals surface area contributed by atoms with Gasteiger partial charge in [-0.3, -0.25) is 4.79 Å². The van der Waals surface area contributed by atoms with Gasteiger partial charge in [-0.25, -0.2) is 4.98 Å². The Bertz CT molecular complexity index is 738. The van der Waals surface area contributed by atoms with E-state index in [9.17, 15) is 4.79 Å². The van der Waals surface area contributed by atoms with Crippen molar-refractivity contribution < 1.29 is 9.47 Å². The maximum Gasteiger partial charge on any atom is 0.264 e. The average Bonchev–Trinajstić information content (AvgIpc) is 3.34. The summed E-state index contributed by atoms with van der Waals surface area (Å²) >= 11 is 2.07. The summed E-state index contributed by atoms with van der Waals surface area (Å²) in [6.07, 6.45) is 2.21. The van der Waals surface area contributed by atoms with Gasteiger partial charge in [0.1, 0.15) is 17.3 Å². The summed E-state index contributed by atoms with van der Waals surface area (Å²) in [5, 5.41) is 0. The maximum atomic E-state index is 12.1. The summed E-state index contributed by atoms with van der Waals surface area (Å²) < 4.78 is 11.3. The van der Waals surface area contributed by atoms with Crippen molar-refractivity contribution in [2.45, 2.75) is 18.8 Å². The molecule has 6 heteroatoms. The second kappa shape index (κ2) is 5.67. The smallest absolute Gasteiger partial charge is 0.264 e. The topological polar surface area (TPSA) is 64.2 Å². The Morgan fingerprint density at radius 3 is 2.67 bits per heavy atom. The number of rotatable bonds is 4. The van der Waals surface area contributed by atoms with Gasteiger partial charge in [-0.15, -0.1) is 0 Å². The third-order valence-corrected chi connectivity index (χ3v) is 4.56. The number of hydrogen-bond donors (Lipinski definition) is 1. The van der Waals surface area contributed by atoms with E-state index < -0.39 is 0 Å². The van der Waals surface area contributed by atoms with Crippen LogP contribution in [0.25, 0.3) is 11.4 Å². The van der Waals surface area contributed by atoms with Crippen LogP contribution in [-0.2, 0) is 0 Å². The van der Waals surface area contributed by atoms with Crippen molar-refractivity contribution in [3.63, 3.8) is 0 Å². The van der Waals surface area contributed by atoms with E-state index >= 15 is 0 Å². The van der Waals surface area contributed by atoms with Gasteiger partial charge in [-0.2, -0.15) is 0 Å². The Morgan fingerprint density at radius 1 is 1.29 bits per heavy atom. The molecule has 1 N–H and O–H groups in total. The fraction of sp³-hybridized carbons (Fsp3) is 0.333. The van der Waals surface area contributed by atoms with E-state index in [1.165, 1.54) is 0 Å². The van der Waals surface area contributed by atoms with E-state index in [2.05, 4.69) is 32.6 Å². The number of benzene rings is 1. The SMILES string of the molecule is COc1ccc(-c2nc(C3CC3)c(I)c(=O)[nH]2)c(OC)c1. The highest BCUT2D eigenvalue weighted by Crippen LogP contribution is 2.41. The van der Waals surface area contributed by atoms with Gasteiger partial charge in [0.05, 0.1) is 29.0 Å². The van der Waals surface area contributed by atoms with Crippen LogP contribution in [0.15, 0.2) is 23.0 Å². The lowest BCUT2D eigenvalue weighted by Gasteiger charge is -2.11. The Kier molecular flexibility index (Phi) is 3.88. The molecule has 0 amide bonds. The molecule has 1 aromatic heterocycles. The minimum Gasteiger partial charge on any atom is -0.497 e. The van der Waals surface area contributed by atoms with Crippen molar-refractivity contribution >= 4 is 22.6 Å². The van der Waals surface area contributed by atoms with Gasteiger partial charge in [0.2, 0.25) is 0 Å². The van der Waals surface area contributed by atoms with E-state index in [-0.39, 0.29) is 5.56 Å². The quantitative estimate of drug-likeness (QED) is 0.805. The molecule has 1 fully saturated rings. The molecule has 1 aliphatic rings. The van der Waals surface area contributed by atoms with Crippen molar-refractivity contribution in [2.24, 2.45) is 0 Å². The minimum atomic E-state index is -0.0969. The molecule has 0 aliphatic heterocycles. The lowest BCUT2D eigenvalue weighted by molar-refractivity contribution is 0.395. The number of methoxy groups -OCH3 is 2. The Morgan fingerprint density at radius 2 is 2.05 bits per heavy atom. The van der Waals surface area contributed by atoms with Crippen LogP contribution in [0.1, 0.15) is 24.5 Å². The molecular formula is C15H15IN2O3. The molecule has 5 nitrogen and oxygen atoms in total. The van der Waals surface area contributed by atoms with Crippen LogP contribution >= 0.6 is 22.6 Å². The molecule has 0 saturated heterocycles. The first-order valence-corrected chi connectivity index (χ1v) is 7.74. The first-order valence-electron chi connectivity index (χ1n) is 6.66. The Labute approximate surface area is 135 Å². The van der Waals surface area contributed by atoms with Crippen LogP contribution < -0.4 is 15.0 Å². The fourth-order valence-corrected chi connectivity index (χ4v) is 2.92. The summed E-state index contributed by atoms with van der Waals surface area (Å²) in [4.78, 5) is 19.6. The van der Waals surface area contributed by atoms with Gasteiger partial charge in [0.15, 0.2) is 0 Å². The minimum absolute atomic E-state index is 0.0969. The number of aromatic nitrogens is 2. The van der Waals surface area contributed by atoms with Crippen LogP contribution in [0.2, 0.25) is 0 Å². The highest BCUT2D eigenvalue weighted by Gasteiger charge is 2.29. The molecule has 2 aromatic rings. The van der Waals surface area contributed by atoms with Crippen molar-refractivity contribution in [1.29, 1.82) is 0 Å². The molecule has 1 heterocycles. The van der Waals surface area contributed by atoms with Gasteiger partial charge < -0.3 is 14.5 Å². The fourth-order valence-electron chi connectivity index (χ4n) is 2.23. The first kappa shape index (κ1) is 14.4. The number of aromatic amines is 1. The largest absolute Gasteiger partial charge is 0.497 e. The van der Waals surface area contributed by atoms with E-state index in [4.69, 9.17) is 9.47 Å².